The highest BCUT2D eigenvalue weighted by atomic mass is 19.1. The molecule has 0 saturated carbocycles. The monoisotopic (exact) mass is 399 g/mol. The lowest BCUT2D eigenvalue weighted by Gasteiger charge is -2.30. The third-order valence-corrected chi connectivity index (χ3v) is 5.07. The number of aromatic nitrogens is 4. The van der Waals surface area contributed by atoms with E-state index in [1.807, 2.05) is 4.90 Å². The molecule has 10 heteroatoms. The second-order valence-corrected chi connectivity index (χ2v) is 6.96. The fourth-order valence-corrected chi connectivity index (χ4v) is 3.48. The summed E-state index contributed by atoms with van der Waals surface area (Å²) in [6.45, 7) is 1.51. The highest BCUT2D eigenvalue weighted by molar-refractivity contribution is 5.88. The number of anilines is 2. The van der Waals surface area contributed by atoms with Crippen LogP contribution in [0.25, 0.3) is 16.7 Å². The first-order chi connectivity index (χ1) is 14.1. The summed E-state index contributed by atoms with van der Waals surface area (Å²) in [6.07, 6.45) is 2.93. The van der Waals surface area contributed by atoms with Crippen molar-refractivity contribution in [2.24, 2.45) is 11.7 Å². The Labute approximate surface area is 166 Å². The van der Waals surface area contributed by atoms with Gasteiger partial charge in [-0.05, 0) is 37.1 Å². The molecule has 9 nitrogen and oxygen atoms in total. The summed E-state index contributed by atoms with van der Waals surface area (Å²) in [5.74, 6) is 0.324. The van der Waals surface area contributed by atoms with E-state index in [2.05, 4.69) is 15.4 Å². The number of piperidine rings is 1. The van der Waals surface area contributed by atoms with Crippen LogP contribution in [0.1, 0.15) is 12.8 Å². The van der Waals surface area contributed by atoms with Crippen LogP contribution in [-0.2, 0) is 4.79 Å². The van der Waals surface area contributed by atoms with Gasteiger partial charge in [0, 0.05) is 25.6 Å². The zero-order valence-electron chi connectivity index (χ0n) is 15.8. The highest BCUT2D eigenvalue weighted by Crippen LogP contribution is 2.28. The normalized spacial score (nSPS) is 15.0. The number of aliphatic hydroxyl groups is 1. The molecular formula is C19H22FN7O2. The number of aliphatic hydroxyl groups excluding tert-OH is 1. The van der Waals surface area contributed by atoms with Crippen molar-refractivity contribution in [3.63, 3.8) is 0 Å². The van der Waals surface area contributed by atoms with Gasteiger partial charge in [-0.25, -0.2) is 9.07 Å². The van der Waals surface area contributed by atoms with Crippen molar-refractivity contribution in [3.8, 4) is 5.69 Å². The Bertz CT molecular complexity index is 1010. The first-order valence-electron chi connectivity index (χ1n) is 9.47. The van der Waals surface area contributed by atoms with Crippen molar-refractivity contribution in [1.29, 1.82) is 0 Å². The number of fused-ring (bicyclic) bond motifs is 1. The number of carbonyl (C=O) groups excluding carboxylic acids is 1. The van der Waals surface area contributed by atoms with Gasteiger partial charge in [-0.15, -0.1) is 0 Å². The lowest BCUT2D eigenvalue weighted by molar-refractivity contribution is -0.122. The van der Waals surface area contributed by atoms with Gasteiger partial charge in [0.25, 0.3) is 0 Å². The third kappa shape index (κ3) is 3.83. The molecule has 1 saturated heterocycles. The van der Waals surface area contributed by atoms with E-state index in [4.69, 9.17) is 10.7 Å². The number of halogens is 1. The van der Waals surface area contributed by atoms with E-state index in [-0.39, 0.29) is 24.2 Å². The van der Waals surface area contributed by atoms with Crippen LogP contribution in [0, 0.1) is 11.7 Å². The van der Waals surface area contributed by atoms with Crippen molar-refractivity contribution in [2.75, 3.05) is 36.5 Å². The van der Waals surface area contributed by atoms with Crippen LogP contribution >= 0.6 is 0 Å². The second kappa shape index (κ2) is 8.00. The summed E-state index contributed by atoms with van der Waals surface area (Å²) >= 11 is 0. The maximum absolute atomic E-state index is 13.3. The Balaban J connectivity index is 1.73. The van der Waals surface area contributed by atoms with Gasteiger partial charge < -0.3 is 21.1 Å². The van der Waals surface area contributed by atoms with Crippen molar-refractivity contribution in [1.82, 2.24) is 19.7 Å². The predicted octanol–water partition coefficient (Wildman–Crippen LogP) is 1.06. The van der Waals surface area contributed by atoms with Crippen LogP contribution < -0.4 is 16.0 Å². The topological polar surface area (TPSA) is 122 Å². The largest absolute Gasteiger partial charge is 0.395 e. The summed E-state index contributed by atoms with van der Waals surface area (Å²) in [6, 6.07) is 5.99. The second-order valence-electron chi connectivity index (χ2n) is 6.96. The smallest absolute Gasteiger partial charge is 0.229 e. The molecule has 152 valence electrons. The van der Waals surface area contributed by atoms with Crippen LogP contribution in [0.3, 0.4) is 0 Å². The Hall–Kier alpha value is -3.27. The molecule has 4 rings (SSSR count). The molecule has 0 atom stereocenters. The number of nitrogens with two attached hydrogens (primary N) is 1. The molecule has 4 N–H and O–H groups in total. The lowest BCUT2D eigenvalue weighted by atomic mass is 9.96. The van der Waals surface area contributed by atoms with Crippen LogP contribution in [-0.4, -0.2) is 57.0 Å². The first kappa shape index (κ1) is 19.1. The van der Waals surface area contributed by atoms with Gasteiger partial charge in [0.2, 0.25) is 11.9 Å². The van der Waals surface area contributed by atoms with E-state index in [1.54, 1.807) is 23.0 Å². The van der Waals surface area contributed by atoms with E-state index in [9.17, 15) is 14.3 Å². The zero-order chi connectivity index (χ0) is 20.4. The molecule has 0 aliphatic carbocycles. The van der Waals surface area contributed by atoms with Crippen LogP contribution in [0.5, 0.6) is 0 Å². The maximum Gasteiger partial charge on any atom is 0.229 e. The Morgan fingerprint density at radius 3 is 2.62 bits per heavy atom. The molecule has 0 bridgehead atoms. The number of amides is 1. The first-order valence-corrected chi connectivity index (χ1v) is 9.47. The van der Waals surface area contributed by atoms with Crippen molar-refractivity contribution in [3.05, 3.63) is 36.3 Å². The summed E-state index contributed by atoms with van der Waals surface area (Å²) in [4.78, 5) is 22.8. The summed E-state index contributed by atoms with van der Waals surface area (Å²) < 4.78 is 14.9. The number of hydrogen-bond acceptors (Lipinski definition) is 7. The van der Waals surface area contributed by atoms with Gasteiger partial charge in [-0.2, -0.15) is 15.1 Å². The fraction of sp³-hybridized carbons (Fsp3) is 0.368. The van der Waals surface area contributed by atoms with Gasteiger partial charge in [-0.3, -0.25) is 4.79 Å². The molecule has 1 fully saturated rings. The van der Waals surface area contributed by atoms with Gasteiger partial charge in [0.1, 0.15) is 11.6 Å². The molecule has 0 spiro atoms. The minimum Gasteiger partial charge on any atom is -0.395 e. The van der Waals surface area contributed by atoms with E-state index in [0.717, 1.165) is 0 Å². The van der Waals surface area contributed by atoms with Crippen LogP contribution in [0.2, 0.25) is 0 Å². The molecule has 3 heterocycles. The maximum atomic E-state index is 13.3. The molecule has 1 aliphatic heterocycles. The van der Waals surface area contributed by atoms with Gasteiger partial charge in [0.15, 0.2) is 5.65 Å². The predicted molar refractivity (Wildman–Crippen MR) is 106 cm³/mol. The average Bonchev–Trinajstić information content (AvgIpc) is 3.16. The SMILES string of the molecule is NC(=O)C1CCN(c2nc(NCCO)c3cnn(-c4ccc(F)cc4)c3n2)CC1. The summed E-state index contributed by atoms with van der Waals surface area (Å²) in [5, 5.41) is 17.4. The number of primary amides is 1. The number of carbonyl (C=O) groups is 1. The van der Waals surface area contributed by atoms with Gasteiger partial charge in [0.05, 0.1) is 23.9 Å². The van der Waals surface area contributed by atoms with Crippen molar-refractivity contribution < 1.29 is 14.3 Å². The van der Waals surface area contributed by atoms with Gasteiger partial charge >= 0.3 is 0 Å². The number of nitrogens with zero attached hydrogens (tertiary/aromatic N) is 5. The molecule has 1 amide bonds. The summed E-state index contributed by atoms with van der Waals surface area (Å²) in [7, 11) is 0. The molecule has 29 heavy (non-hydrogen) atoms. The molecular weight excluding hydrogens is 377 g/mol. The van der Waals surface area contributed by atoms with Crippen LogP contribution in [0.4, 0.5) is 16.2 Å². The van der Waals surface area contributed by atoms with Crippen LogP contribution in [0.15, 0.2) is 30.5 Å². The minimum absolute atomic E-state index is 0.0447. The highest BCUT2D eigenvalue weighted by Gasteiger charge is 2.26. The van der Waals surface area contributed by atoms with E-state index in [1.165, 1.54) is 12.1 Å². The number of rotatable bonds is 6. The van der Waals surface area contributed by atoms with Crippen molar-refractivity contribution >= 4 is 28.7 Å². The molecule has 2 aromatic heterocycles. The Morgan fingerprint density at radius 2 is 1.97 bits per heavy atom. The minimum atomic E-state index is -0.330. The van der Waals surface area contributed by atoms with E-state index >= 15 is 0 Å². The molecule has 1 aromatic carbocycles. The standard InChI is InChI=1S/C19H22FN7O2/c20-13-1-3-14(4-2-13)27-18-15(11-23-27)17(22-7-10-28)24-19(25-18)26-8-5-12(6-9-26)16(21)29/h1-4,11-12,28H,5-10H2,(H2,21,29)(H,22,24,25). The number of hydrogen-bond donors (Lipinski definition) is 3. The van der Waals surface area contributed by atoms with Crippen molar-refractivity contribution in [2.45, 2.75) is 12.8 Å². The number of nitrogens with one attached hydrogen (secondary N) is 1. The quantitative estimate of drug-likeness (QED) is 0.566. The average molecular weight is 399 g/mol. The Morgan fingerprint density at radius 1 is 1.24 bits per heavy atom. The summed E-state index contributed by atoms with van der Waals surface area (Å²) in [5.41, 5.74) is 6.67. The van der Waals surface area contributed by atoms with E-state index in [0.29, 0.717) is 61.0 Å². The molecule has 0 unspecified atom stereocenters. The zero-order valence-corrected chi connectivity index (χ0v) is 15.8. The molecule has 3 aromatic rings. The fourth-order valence-electron chi connectivity index (χ4n) is 3.48. The van der Waals surface area contributed by atoms with E-state index < -0.39 is 0 Å². The third-order valence-electron chi connectivity index (χ3n) is 5.07. The van der Waals surface area contributed by atoms with Gasteiger partial charge in [-0.1, -0.05) is 0 Å². The molecule has 0 radical (unpaired) electrons. The number of benzene rings is 1. The lowest BCUT2D eigenvalue weighted by Crippen LogP contribution is -2.39. The Kier molecular flexibility index (Phi) is 5.26. The molecule has 1 aliphatic rings.